The Kier molecular flexibility index (Phi) is 4.68. The van der Waals surface area contributed by atoms with E-state index in [0.29, 0.717) is 12.4 Å². The molecule has 0 aromatic heterocycles. The maximum atomic E-state index is 11.1. The molecule has 1 rings (SSSR count). The SMILES string of the molecule is CCCc1ccccc1OC(=O)OCC. The van der Waals surface area contributed by atoms with Crippen LogP contribution in [-0.4, -0.2) is 12.8 Å². The molecule has 0 heterocycles. The molecule has 82 valence electrons. The highest BCUT2D eigenvalue weighted by Gasteiger charge is 2.08. The van der Waals surface area contributed by atoms with Crippen molar-refractivity contribution in [3.8, 4) is 5.75 Å². The van der Waals surface area contributed by atoms with Crippen LogP contribution >= 0.6 is 0 Å². The van der Waals surface area contributed by atoms with Gasteiger partial charge in [0.05, 0.1) is 6.61 Å². The highest BCUT2D eigenvalue weighted by atomic mass is 16.7. The second kappa shape index (κ2) is 6.06. The molecule has 3 nitrogen and oxygen atoms in total. The van der Waals surface area contributed by atoms with E-state index in [9.17, 15) is 4.79 Å². The van der Waals surface area contributed by atoms with Crippen LogP contribution in [0, 0.1) is 0 Å². The molecule has 0 N–H and O–H groups in total. The van der Waals surface area contributed by atoms with E-state index < -0.39 is 6.16 Å². The number of hydrogen-bond acceptors (Lipinski definition) is 3. The zero-order chi connectivity index (χ0) is 11.1. The largest absolute Gasteiger partial charge is 0.513 e. The van der Waals surface area contributed by atoms with Crippen molar-refractivity contribution in [3.05, 3.63) is 29.8 Å². The highest BCUT2D eigenvalue weighted by Crippen LogP contribution is 2.19. The van der Waals surface area contributed by atoms with E-state index in [0.717, 1.165) is 18.4 Å². The third-order valence-electron chi connectivity index (χ3n) is 1.95. The lowest BCUT2D eigenvalue weighted by atomic mass is 10.1. The molecule has 0 unspecified atom stereocenters. The van der Waals surface area contributed by atoms with Gasteiger partial charge in [-0.25, -0.2) is 4.79 Å². The highest BCUT2D eigenvalue weighted by molar-refractivity contribution is 5.64. The van der Waals surface area contributed by atoms with E-state index in [2.05, 4.69) is 6.92 Å². The molecule has 0 aliphatic rings. The predicted molar refractivity (Wildman–Crippen MR) is 58.1 cm³/mol. The molecule has 0 saturated heterocycles. The van der Waals surface area contributed by atoms with E-state index in [4.69, 9.17) is 9.47 Å². The van der Waals surface area contributed by atoms with Crippen LogP contribution in [0.2, 0.25) is 0 Å². The molecular formula is C12H16O3. The van der Waals surface area contributed by atoms with Gasteiger partial charge in [-0.3, -0.25) is 0 Å². The summed E-state index contributed by atoms with van der Waals surface area (Å²) in [5, 5.41) is 0. The molecule has 0 spiro atoms. The first kappa shape index (κ1) is 11.6. The summed E-state index contributed by atoms with van der Waals surface area (Å²) in [4.78, 5) is 11.1. The minimum absolute atomic E-state index is 0.328. The Morgan fingerprint density at radius 3 is 2.67 bits per heavy atom. The van der Waals surface area contributed by atoms with E-state index in [1.54, 1.807) is 13.0 Å². The number of ether oxygens (including phenoxy) is 2. The van der Waals surface area contributed by atoms with E-state index in [-0.39, 0.29) is 0 Å². The molecule has 1 aromatic carbocycles. The van der Waals surface area contributed by atoms with Gasteiger partial charge in [0.25, 0.3) is 0 Å². The summed E-state index contributed by atoms with van der Waals surface area (Å²) < 4.78 is 9.80. The average Bonchev–Trinajstić information content (AvgIpc) is 2.21. The van der Waals surface area contributed by atoms with Crippen molar-refractivity contribution < 1.29 is 14.3 Å². The van der Waals surface area contributed by atoms with Crippen molar-refractivity contribution in [3.63, 3.8) is 0 Å². The third-order valence-corrected chi connectivity index (χ3v) is 1.95. The lowest BCUT2D eigenvalue weighted by Crippen LogP contribution is -2.11. The normalized spacial score (nSPS) is 9.73. The number of hydrogen-bond donors (Lipinski definition) is 0. The van der Waals surface area contributed by atoms with Gasteiger partial charge < -0.3 is 9.47 Å². The summed E-state index contributed by atoms with van der Waals surface area (Å²) in [6.07, 6.45) is 1.28. The summed E-state index contributed by atoms with van der Waals surface area (Å²) in [5.74, 6) is 0.595. The Bertz CT molecular complexity index is 320. The molecule has 0 bridgehead atoms. The Morgan fingerprint density at radius 2 is 2.00 bits per heavy atom. The predicted octanol–water partition coefficient (Wildman–Crippen LogP) is 3.17. The van der Waals surface area contributed by atoms with Crippen molar-refractivity contribution >= 4 is 6.16 Å². The molecule has 1 aromatic rings. The van der Waals surface area contributed by atoms with E-state index in [1.165, 1.54) is 0 Å². The first-order valence-corrected chi connectivity index (χ1v) is 5.20. The Morgan fingerprint density at radius 1 is 1.27 bits per heavy atom. The van der Waals surface area contributed by atoms with Crippen LogP contribution in [0.4, 0.5) is 4.79 Å². The standard InChI is InChI=1S/C12H16O3/c1-3-7-10-8-5-6-9-11(10)15-12(13)14-4-2/h5-6,8-9H,3-4,7H2,1-2H3. The second-order valence-electron chi connectivity index (χ2n) is 3.14. The fourth-order valence-electron chi connectivity index (χ4n) is 1.32. The topological polar surface area (TPSA) is 35.5 Å². The first-order valence-electron chi connectivity index (χ1n) is 5.20. The van der Waals surface area contributed by atoms with Gasteiger partial charge in [-0.05, 0) is 25.0 Å². The van der Waals surface area contributed by atoms with Crippen molar-refractivity contribution in [2.75, 3.05) is 6.61 Å². The van der Waals surface area contributed by atoms with Gasteiger partial charge >= 0.3 is 6.16 Å². The second-order valence-corrected chi connectivity index (χ2v) is 3.14. The molecule has 15 heavy (non-hydrogen) atoms. The van der Waals surface area contributed by atoms with Crippen LogP contribution in [0.1, 0.15) is 25.8 Å². The lowest BCUT2D eigenvalue weighted by Gasteiger charge is -2.08. The van der Waals surface area contributed by atoms with Crippen molar-refractivity contribution in [1.29, 1.82) is 0 Å². The molecule has 0 saturated carbocycles. The van der Waals surface area contributed by atoms with Gasteiger partial charge in [0.2, 0.25) is 0 Å². The third kappa shape index (κ3) is 3.62. The van der Waals surface area contributed by atoms with Crippen LogP contribution in [0.25, 0.3) is 0 Å². The van der Waals surface area contributed by atoms with Crippen LogP contribution in [0.3, 0.4) is 0 Å². The molecule has 0 fully saturated rings. The zero-order valence-electron chi connectivity index (χ0n) is 9.16. The monoisotopic (exact) mass is 208 g/mol. The minimum Gasteiger partial charge on any atom is -0.434 e. The summed E-state index contributed by atoms with van der Waals surface area (Å²) in [6, 6.07) is 7.51. The minimum atomic E-state index is -0.638. The van der Waals surface area contributed by atoms with Crippen molar-refractivity contribution in [2.24, 2.45) is 0 Å². The number of rotatable bonds is 4. The summed E-state index contributed by atoms with van der Waals surface area (Å²) in [7, 11) is 0. The molecule has 0 amide bonds. The number of carbonyl (C=O) groups excluding carboxylic acids is 1. The summed E-state index contributed by atoms with van der Waals surface area (Å²) in [5.41, 5.74) is 1.04. The number of carbonyl (C=O) groups is 1. The van der Waals surface area contributed by atoms with Crippen molar-refractivity contribution in [2.45, 2.75) is 26.7 Å². The molecule has 0 atom stereocenters. The number of benzene rings is 1. The van der Waals surface area contributed by atoms with Crippen LogP contribution in [0.5, 0.6) is 5.75 Å². The Labute approximate surface area is 90.0 Å². The maximum Gasteiger partial charge on any atom is 0.513 e. The molecule has 0 aliphatic heterocycles. The molecule has 0 radical (unpaired) electrons. The van der Waals surface area contributed by atoms with Gasteiger partial charge in [0.1, 0.15) is 5.75 Å². The zero-order valence-corrected chi connectivity index (χ0v) is 9.16. The fraction of sp³-hybridized carbons (Fsp3) is 0.417. The van der Waals surface area contributed by atoms with Gasteiger partial charge in [0.15, 0.2) is 0 Å². The number of aryl methyl sites for hydroxylation is 1. The first-order chi connectivity index (χ1) is 7.27. The summed E-state index contributed by atoms with van der Waals surface area (Å²) >= 11 is 0. The number of para-hydroxylation sites is 1. The lowest BCUT2D eigenvalue weighted by molar-refractivity contribution is 0.104. The van der Waals surface area contributed by atoms with Gasteiger partial charge in [-0.1, -0.05) is 31.5 Å². The Hall–Kier alpha value is -1.51. The summed E-state index contributed by atoms with van der Waals surface area (Å²) in [6.45, 7) is 4.16. The maximum absolute atomic E-state index is 11.1. The smallest absolute Gasteiger partial charge is 0.434 e. The van der Waals surface area contributed by atoms with Crippen LogP contribution in [-0.2, 0) is 11.2 Å². The molecule has 3 heteroatoms. The van der Waals surface area contributed by atoms with Gasteiger partial charge in [-0.15, -0.1) is 0 Å². The quantitative estimate of drug-likeness (QED) is 0.563. The Balaban J connectivity index is 2.70. The van der Waals surface area contributed by atoms with Crippen LogP contribution < -0.4 is 4.74 Å². The molecular weight excluding hydrogens is 192 g/mol. The van der Waals surface area contributed by atoms with Gasteiger partial charge in [0, 0.05) is 0 Å². The van der Waals surface area contributed by atoms with Crippen LogP contribution in [0.15, 0.2) is 24.3 Å². The van der Waals surface area contributed by atoms with E-state index in [1.807, 2.05) is 18.2 Å². The molecule has 0 aliphatic carbocycles. The average molecular weight is 208 g/mol. The fourth-order valence-corrected chi connectivity index (χ4v) is 1.32. The van der Waals surface area contributed by atoms with E-state index >= 15 is 0 Å². The van der Waals surface area contributed by atoms with Gasteiger partial charge in [-0.2, -0.15) is 0 Å². The van der Waals surface area contributed by atoms with Crippen molar-refractivity contribution in [1.82, 2.24) is 0 Å².